The van der Waals surface area contributed by atoms with Crippen molar-refractivity contribution in [2.75, 3.05) is 5.75 Å². The van der Waals surface area contributed by atoms with Crippen LogP contribution in [0.2, 0.25) is 0 Å². The number of nitrogens with zero attached hydrogens (tertiary/aromatic N) is 1. The third kappa shape index (κ3) is 7.24. The first-order chi connectivity index (χ1) is 8.41. The zero-order valence-corrected chi connectivity index (χ0v) is 14.4. The van der Waals surface area contributed by atoms with Gasteiger partial charge in [-0.2, -0.15) is 0 Å². The Morgan fingerprint density at radius 1 is 1.28 bits per heavy atom. The van der Waals surface area contributed by atoms with Crippen LogP contribution in [0.25, 0.3) is 0 Å². The van der Waals surface area contributed by atoms with Gasteiger partial charge in [0.1, 0.15) is 8.97 Å². The van der Waals surface area contributed by atoms with Gasteiger partial charge in [0, 0.05) is 0 Å². The van der Waals surface area contributed by atoms with Gasteiger partial charge in [0.15, 0.2) is 4.36 Å². The Morgan fingerprint density at radius 3 is 2.33 bits per heavy atom. The summed E-state index contributed by atoms with van der Waals surface area (Å²) >= 11 is 21.3. The lowest BCUT2D eigenvalue weighted by Gasteiger charge is -2.02. The zero-order chi connectivity index (χ0) is 14.1. The minimum Gasteiger partial charge on any atom is -0.258 e. The maximum absolute atomic E-state index is 10.9. The molecule has 0 saturated heterocycles. The van der Waals surface area contributed by atoms with Crippen LogP contribution in [0.15, 0.2) is 19.0 Å². The molecule has 0 atom stereocenters. The number of hydrogen-bond donors (Lipinski definition) is 0. The Kier molecular flexibility index (Phi) is 10.7. The third-order valence-corrected chi connectivity index (χ3v) is 4.69. The highest BCUT2D eigenvalue weighted by Crippen LogP contribution is 2.34. The van der Waals surface area contributed by atoms with E-state index >= 15 is 0 Å². The van der Waals surface area contributed by atoms with Crippen molar-refractivity contribution in [1.29, 1.82) is 0 Å². The smallest absolute Gasteiger partial charge is 0.258 e. The highest BCUT2D eigenvalue weighted by atomic mass is 79.9. The summed E-state index contributed by atoms with van der Waals surface area (Å²) in [6.07, 6.45) is 4.34. The summed E-state index contributed by atoms with van der Waals surface area (Å²) in [5.41, 5.74) is -0.360. The standard InChI is InChI=1S/C10H13BrCl3NO2S/c1-2-3-4-5-6-18-10(14)8(15(16)17)7(12)9(11)13/h2-6H2,1H3/b9-7+,10-8-. The molecule has 0 heterocycles. The highest BCUT2D eigenvalue weighted by Gasteiger charge is 2.24. The minimum absolute atomic E-state index is 0.0272. The van der Waals surface area contributed by atoms with Gasteiger partial charge in [0.25, 0.3) is 0 Å². The van der Waals surface area contributed by atoms with Crippen molar-refractivity contribution < 1.29 is 4.92 Å². The van der Waals surface area contributed by atoms with Crippen molar-refractivity contribution in [2.45, 2.75) is 32.6 Å². The van der Waals surface area contributed by atoms with Crippen LogP contribution >= 0.6 is 62.5 Å². The maximum atomic E-state index is 10.9. The summed E-state index contributed by atoms with van der Waals surface area (Å²) in [6, 6.07) is 0. The van der Waals surface area contributed by atoms with E-state index in [-0.39, 0.29) is 19.0 Å². The van der Waals surface area contributed by atoms with Gasteiger partial charge in [-0.05, 0) is 28.1 Å². The Labute approximate surface area is 134 Å². The molecule has 0 aromatic carbocycles. The van der Waals surface area contributed by atoms with E-state index in [2.05, 4.69) is 22.9 Å². The summed E-state index contributed by atoms with van der Waals surface area (Å²) < 4.78 is 0.0275. The summed E-state index contributed by atoms with van der Waals surface area (Å²) in [4.78, 5) is 10.2. The summed E-state index contributed by atoms with van der Waals surface area (Å²) in [6.45, 7) is 2.12. The van der Waals surface area contributed by atoms with E-state index in [0.717, 1.165) is 31.4 Å². The average molecular weight is 398 g/mol. The second-order valence-electron chi connectivity index (χ2n) is 3.36. The van der Waals surface area contributed by atoms with Crippen LogP contribution in [0.4, 0.5) is 0 Å². The number of halogens is 4. The first-order valence-corrected chi connectivity index (χ1v) is 8.21. The molecule has 0 spiro atoms. The predicted molar refractivity (Wildman–Crippen MR) is 84.1 cm³/mol. The lowest BCUT2D eigenvalue weighted by Crippen LogP contribution is -2.01. The van der Waals surface area contributed by atoms with Gasteiger partial charge in [-0.3, -0.25) is 10.1 Å². The molecule has 0 rings (SSSR count). The van der Waals surface area contributed by atoms with Gasteiger partial charge < -0.3 is 0 Å². The molecule has 0 aromatic rings. The molecule has 0 radical (unpaired) electrons. The van der Waals surface area contributed by atoms with Crippen molar-refractivity contribution in [3.63, 3.8) is 0 Å². The van der Waals surface area contributed by atoms with E-state index in [1.807, 2.05) is 0 Å². The van der Waals surface area contributed by atoms with E-state index in [0.29, 0.717) is 0 Å². The van der Waals surface area contributed by atoms with Gasteiger partial charge in [0.05, 0.1) is 4.92 Å². The highest BCUT2D eigenvalue weighted by molar-refractivity contribution is 9.12. The SMILES string of the molecule is CCCCCCS/C(Cl)=C(/C(Cl)=C(\Cl)Br)[N+](=O)[O-]. The fraction of sp³-hybridized carbons (Fsp3) is 0.600. The van der Waals surface area contributed by atoms with Crippen LogP contribution in [-0.2, 0) is 0 Å². The van der Waals surface area contributed by atoms with Crippen molar-refractivity contribution in [2.24, 2.45) is 0 Å². The molecule has 0 aromatic heterocycles. The fourth-order valence-corrected chi connectivity index (χ4v) is 2.87. The topological polar surface area (TPSA) is 43.1 Å². The van der Waals surface area contributed by atoms with E-state index in [9.17, 15) is 10.1 Å². The molecule has 0 N–H and O–H groups in total. The Morgan fingerprint density at radius 2 is 1.89 bits per heavy atom. The number of unbranched alkanes of at least 4 members (excludes halogenated alkanes) is 3. The Hall–Kier alpha value is 0.580. The van der Waals surface area contributed by atoms with E-state index < -0.39 is 4.92 Å². The number of allylic oxidation sites excluding steroid dienone is 1. The average Bonchev–Trinajstić information content (AvgIpc) is 2.28. The fourth-order valence-electron chi connectivity index (χ4n) is 1.09. The molecule has 0 unspecified atom stereocenters. The third-order valence-electron chi connectivity index (χ3n) is 1.97. The first-order valence-electron chi connectivity index (χ1n) is 5.29. The zero-order valence-electron chi connectivity index (χ0n) is 9.72. The lowest BCUT2D eigenvalue weighted by molar-refractivity contribution is -0.419. The van der Waals surface area contributed by atoms with Crippen LogP contribution < -0.4 is 0 Å². The number of nitro groups is 1. The molecule has 0 amide bonds. The summed E-state index contributed by atoms with van der Waals surface area (Å²) in [7, 11) is 0. The predicted octanol–water partition coefficient (Wildman–Crippen LogP) is 6.03. The molecule has 8 heteroatoms. The number of hydrogen-bond acceptors (Lipinski definition) is 3. The second-order valence-corrected chi connectivity index (χ2v) is 7.08. The van der Waals surface area contributed by atoms with Gasteiger partial charge in [-0.15, -0.1) is 11.8 Å². The van der Waals surface area contributed by atoms with Crippen molar-refractivity contribution >= 4 is 62.5 Å². The molecule has 0 fully saturated rings. The van der Waals surface area contributed by atoms with Gasteiger partial charge in [-0.1, -0.05) is 61.0 Å². The van der Waals surface area contributed by atoms with Crippen molar-refractivity contribution in [1.82, 2.24) is 0 Å². The monoisotopic (exact) mass is 395 g/mol. The summed E-state index contributed by atoms with van der Waals surface area (Å²) in [5, 5.41) is 10.7. The molecule has 0 saturated carbocycles. The lowest BCUT2D eigenvalue weighted by atomic mass is 10.2. The van der Waals surface area contributed by atoms with Crippen LogP contribution in [0.3, 0.4) is 0 Å². The number of rotatable bonds is 8. The molecule has 0 aliphatic carbocycles. The molecule has 3 nitrogen and oxygen atoms in total. The van der Waals surface area contributed by atoms with Crippen LogP contribution in [0.1, 0.15) is 32.6 Å². The normalized spacial score (nSPS) is 14.1. The molecule has 0 aliphatic heterocycles. The van der Waals surface area contributed by atoms with Gasteiger partial charge >= 0.3 is 5.70 Å². The second kappa shape index (κ2) is 10.4. The van der Waals surface area contributed by atoms with Crippen LogP contribution in [-0.4, -0.2) is 10.7 Å². The van der Waals surface area contributed by atoms with Gasteiger partial charge in [-0.25, -0.2) is 0 Å². The molecule has 0 bridgehead atoms. The maximum Gasteiger partial charge on any atom is 0.314 e. The minimum atomic E-state index is -0.632. The van der Waals surface area contributed by atoms with Crippen LogP contribution in [0, 0.1) is 10.1 Å². The molecule has 0 aliphatic rings. The number of thioether (sulfide) groups is 1. The largest absolute Gasteiger partial charge is 0.314 e. The Bertz CT molecular complexity index is 357. The Balaban J connectivity index is 4.61. The van der Waals surface area contributed by atoms with Crippen LogP contribution in [0.5, 0.6) is 0 Å². The van der Waals surface area contributed by atoms with Gasteiger partial charge in [0.2, 0.25) is 0 Å². The van der Waals surface area contributed by atoms with Crippen molar-refractivity contribution in [3.8, 4) is 0 Å². The van der Waals surface area contributed by atoms with E-state index in [1.54, 1.807) is 0 Å². The van der Waals surface area contributed by atoms with E-state index in [1.165, 1.54) is 11.8 Å². The van der Waals surface area contributed by atoms with E-state index in [4.69, 9.17) is 34.8 Å². The summed E-state index contributed by atoms with van der Waals surface area (Å²) in [5.74, 6) is 0.722. The molecular weight excluding hydrogens is 384 g/mol. The van der Waals surface area contributed by atoms with Crippen molar-refractivity contribution in [3.05, 3.63) is 29.1 Å². The molecule has 18 heavy (non-hydrogen) atoms. The molecular formula is C10H13BrCl3NO2S. The first kappa shape index (κ1) is 18.6. The molecule has 104 valence electrons. The quantitative estimate of drug-likeness (QED) is 0.217.